The van der Waals surface area contributed by atoms with E-state index in [4.69, 9.17) is 9.72 Å². The smallest absolute Gasteiger partial charge is 0.313 e. The molecule has 1 aromatic heterocycles. The average Bonchev–Trinajstić information content (AvgIpc) is 3.19. The molecular weight excluding hydrogens is 372 g/mol. The number of ether oxygens (including phenoxy) is 1. The molecule has 4 rings (SSSR count). The van der Waals surface area contributed by atoms with Gasteiger partial charge in [0.2, 0.25) is 0 Å². The third-order valence-electron chi connectivity index (χ3n) is 5.27. The highest BCUT2D eigenvalue weighted by molar-refractivity contribution is 5.86. The standard InChI is InChI=1S/C26H24N2O2/c1-3-4-15-22(26(29)30-2)20-16-17-23-24(18-20)28(21-13-9-6-10-14-21)25(27-23)19-11-7-5-8-12-19/h3,5-14,16-18,22H,1,4,15H2,2H3. The van der Waals surface area contributed by atoms with Crippen LogP contribution in [0.3, 0.4) is 0 Å². The Morgan fingerprint density at radius 1 is 1.07 bits per heavy atom. The average molecular weight is 396 g/mol. The fourth-order valence-electron chi connectivity index (χ4n) is 3.78. The fourth-order valence-corrected chi connectivity index (χ4v) is 3.78. The zero-order valence-corrected chi connectivity index (χ0v) is 17.0. The highest BCUT2D eigenvalue weighted by Crippen LogP contribution is 2.32. The molecule has 0 N–H and O–H groups in total. The van der Waals surface area contributed by atoms with Crippen LogP contribution in [0.1, 0.15) is 24.3 Å². The Bertz CT molecular complexity index is 1160. The van der Waals surface area contributed by atoms with E-state index in [1.807, 2.05) is 54.6 Å². The van der Waals surface area contributed by atoms with Gasteiger partial charge < -0.3 is 4.74 Å². The van der Waals surface area contributed by atoms with Crippen molar-refractivity contribution in [1.29, 1.82) is 0 Å². The summed E-state index contributed by atoms with van der Waals surface area (Å²) in [6, 6.07) is 26.3. The number of allylic oxidation sites excluding steroid dienone is 1. The van der Waals surface area contributed by atoms with E-state index in [1.165, 1.54) is 7.11 Å². The third kappa shape index (κ3) is 3.77. The predicted octanol–water partition coefficient (Wildman–Crippen LogP) is 5.92. The van der Waals surface area contributed by atoms with Gasteiger partial charge in [0.05, 0.1) is 24.1 Å². The van der Waals surface area contributed by atoms with Crippen molar-refractivity contribution in [3.05, 3.63) is 97.1 Å². The molecule has 3 aromatic carbocycles. The van der Waals surface area contributed by atoms with E-state index in [-0.39, 0.29) is 11.9 Å². The van der Waals surface area contributed by atoms with Crippen LogP contribution in [0.5, 0.6) is 0 Å². The zero-order valence-electron chi connectivity index (χ0n) is 17.0. The zero-order chi connectivity index (χ0) is 20.9. The fraction of sp³-hybridized carbons (Fsp3) is 0.154. The SMILES string of the molecule is C=CCCC(C(=O)OC)c1ccc2nc(-c3ccccc3)n(-c3ccccc3)c2c1. The lowest BCUT2D eigenvalue weighted by Gasteiger charge is -2.15. The number of methoxy groups -OCH3 is 1. The van der Waals surface area contributed by atoms with Crippen molar-refractivity contribution in [3.8, 4) is 17.1 Å². The van der Waals surface area contributed by atoms with Crippen LogP contribution in [-0.4, -0.2) is 22.6 Å². The molecule has 0 fully saturated rings. The second kappa shape index (κ2) is 8.78. The van der Waals surface area contributed by atoms with Crippen molar-refractivity contribution in [3.63, 3.8) is 0 Å². The van der Waals surface area contributed by atoms with E-state index >= 15 is 0 Å². The largest absolute Gasteiger partial charge is 0.469 e. The number of nitrogens with zero attached hydrogens (tertiary/aromatic N) is 2. The monoisotopic (exact) mass is 396 g/mol. The van der Waals surface area contributed by atoms with Gasteiger partial charge in [-0.3, -0.25) is 9.36 Å². The molecule has 4 heteroatoms. The van der Waals surface area contributed by atoms with Crippen LogP contribution in [0.2, 0.25) is 0 Å². The minimum atomic E-state index is -0.336. The maximum atomic E-state index is 12.5. The van der Waals surface area contributed by atoms with Gasteiger partial charge in [0.1, 0.15) is 5.82 Å². The van der Waals surface area contributed by atoms with Gasteiger partial charge in [-0.25, -0.2) is 4.98 Å². The van der Waals surface area contributed by atoms with Crippen LogP contribution in [0.4, 0.5) is 0 Å². The van der Waals surface area contributed by atoms with Crippen molar-refractivity contribution >= 4 is 17.0 Å². The lowest BCUT2D eigenvalue weighted by molar-refractivity contribution is -0.142. The summed E-state index contributed by atoms with van der Waals surface area (Å²) >= 11 is 0. The third-order valence-corrected chi connectivity index (χ3v) is 5.27. The quantitative estimate of drug-likeness (QED) is 0.288. The summed E-state index contributed by atoms with van der Waals surface area (Å²) in [6.07, 6.45) is 3.23. The molecule has 4 aromatic rings. The Morgan fingerprint density at radius 3 is 2.43 bits per heavy atom. The maximum absolute atomic E-state index is 12.5. The van der Waals surface area contributed by atoms with Crippen LogP contribution < -0.4 is 0 Å². The van der Waals surface area contributed by atoms with Crippen LogP contribution in [-0.2, 0) is 9.53 Å². The molecule has 0 aliphatic heterocycles. The van der Waals surface area contributed by atoms with Gasteiger partial charge in [0, 0.05) is 11.3 Å². The van der Waals surface area contributed by atoms with E-state index in [2.05, 4.69) is 41.5 Å². The number of fused-ring (bicyclic) bond motifs is 1. The molecule has 0 spiro atoms. The van der Waals surface area contributed by atoms with Crippen LogP contribution >= 0.6 is 0 Å². The van der Waals surface area contributed by atoms with Crippen molar-refractivity contribution in [2.75, 3.05) is 7.11 Å². The van der Waals surface area contributed by atoms with E-state index < -0.39 is 0 Å². The van der Waals surface area contributed by atoms with Gasteiger partial charge in [-0.2, -0.15) is 0 Å². The van der Waals surface area contributed by atoms with Crippen molar-refractivity contribution in [2.45, 2.75) is 18.8 Å². The number of para-hydroxylation sites is 1. The number of hydrogen-bond acceptors (Lipinski definition) is 3. The van der Waals surface area contributed by atoms with Gasteiger partial charge in [0.15, 0.2) is 0 Å². The molecule has 1 heterocycles. The summed E-state index contributed by atoms with van der Waals surface area (Å²) in [7, 11) is 1.43. The molecule has 0 radical (unpaired) electrons. The highest BCUT2D eigenvalue weighted by Gasteiger charge is 2.23. The number of benzene rings is 3. The van der Waals surface area contributed by atoms with Crippen LogP contribution in [0.25, 0.3) is 28.1 Å². The molecule has 1 atom stereocenters. The van der Waals surface area contributed by atoms with E-state index in [1.54, 1.807) is 0 Å². The molecular formula is C26H24N2O2. The Kier molecular flexibility index (Phi) is 5.75. The Morgan fingerprint density at radius 2 is 1.77 bits per heavy atom. The van der Waals surface area contributed by atoms with E-state index in [0.29, 0.717) is 6.42 Å². The van der Waals surface area contributed by atoms with Gasteiger partial charge in [-0.05, 0) is 42.7 Å². The summed E-state index contributed by atoms with van der Waals surface area (Å²) in [4.78, 5) is 17.4. The summed E-state index contributed by atoms with van der Waals surface area (Å²) in [5, 5.41) is 0. The number of carbonyl (C=O) groups is 1. The lowest BCUT2D eigenvalue weighted by atomic mass is 9.94. The number of imidazole rings is 1. The van der Waals surface area contributed by atoms with Crippen molar-refractivity contribution < 1.29 is 9.53 Å². The molecule has 0 saturated carbocycles. The molecule has 0 bridgehead atoms. The number of aromatic nitrogens is 2. The first-order valence-electron chi connectivity index (χ1n) is 10.0. The summed E-state index contributed by atoms with van der Waals surface area (Å²) in [5.74, 6) is 0.302. The molecule has 0 aliphatic carbocycles. The second-order valence-corrected chi connectivity index (χ2v) is 7.16. The summed E-state index contributed by atoms with van der Waals surface area (Å²) in [6.45, 7) is 3.79. The molecule has 1 unspecified atom stereocenters. The number of esters is 1. The first kappa shape index (κ1) is 19.6. The van der Waals surface area contributed by atoms with Gasteiger partial charge in [0.25, 0.3) is 0 Å². The maximum Gasteiger partial charge on any atom is 0.313 e. The first-order chi connectivity index (χ1) is 14.7. The molecule has 30 heavy (non-hydrogen) atoms. The summed E-state index contributed by atoms with van der Waals surface area (Å²) < 4.78 is 7.22. The van der Waals surface area contributed by atoms with Gasteiger partial charge in [-0.15, -0.1) is 6.58 Å². The van der Waals surface area contributed by atoms with Gasteiger partial charge >= 0.3 is 5.97 Å². The molecule has 4 nitrogen and oxygen atoms in total. The van der Waals surface area contributed by atoms with Crippen LogP contribution in [0.15, 0.2) is 91.5 Å². The number of carbonyl (C=O) groups excluding carboxylic acids is 1. The minimum Gasteiger partial charge on any atom is -0.469 e. The normalized spacial score (nSPS) is 11.9. The Hall–Kier alpha value is -3.66. The lowest BCUT2D eigenvalue weighted by Crippen LogP contribution is -2.14. The molecule has 0 amide bonds. The topological polar surface area (TPSA) is 44.1 Å². The first-order valence-corrected chi connectivity index (χ1v) is 10.0. The Balaban J connectivity index is 1.93. The van der Waals surface area contributed by atoms with E-state index in [0.717, 1.165) is 40.1 Å². The summed E-state index contributed by atoms with van der Waals surface area (Å²) in [5.41, 5.74) is 4.83. The number of rotatable bonds is 7. The van der Waals surface area contributed by atoms with Crippen molar-refractivity contribution in [1.82, 2.24) is 9.55 Å². The predicted molar refractivity (Wildman–Crippen MR) is 121 cm³/mol. The molecule has 150 valence electrons. The second-order valence-electron chi connectivity index (χ2n) is 7.16. The van der Waals surface area contributed by atoms with E-state index in [9.17, 15) is 4.79 Å². The minimum absolute atomic E-state index is 0.231. The molecule has 0 aliphatic rings. The Labute approximate surface area is 176 Å². The number of hydrogen-bond donors (Lipinski definition) is 0. The molecule has 0 saturated heterocycles. The highest BCUT2D eigenvalue weighted by atomic mass is 16.5. The van der Waals surface area contributed by atoms with Crippen LogP contribution in [0, 0.1) is 0 Å². The van der Waals surface area contributed by atoms with Crippen molar-refractivity contribution in [2.24, 2.45) is 0 Å². The van der Waals surface area contributed by atoms with Gasteiger partial charge in [-0.1, -0.05) is 60.7 Å².